The fourth-order valence-electron chi connectivity index (χ4n) is 3.19. The highest BCUT2D eigenvalue weighted by molar-refractivity contribution is 7.18. The Morgan fingerprint density at radius 3 is 2.61 bits per heavy atom. The number of carbonyl (C=O) groups is 2. The van der Waals surface area contributed by atoms with Crippen LogP contribution in [0.4, 0.5) is 27.8 Å². The van der Waals surface area contributed by atoms with E-state index in [1.807, 2.05) is 32.0 Å². The van der Waals surface area contributed by atoms with Crippen molar-refractivity contribution in [2.45, 2.75) is 13.8 Å². The quantitative estimate of drug-likeness (QED) is 0.398. The number of aromatic nitrogens is 3. The summed E-state index contributed by atoms with van der Waals surface area (Å²) in [6.45, 7) is 3.81. The van der Waals surface area contributed by atoms with Crippen LogP contribution in [0.25, 0.3) is 10.2 Å². The summed E-state index contributed by atoms with van der Waals surface area (Å²) in [5.41, 5.74) is 3.29. The van der Waals surface area contributed by atoms with Crippen LogP contribution in [0.5, 0.6) is 0 Å². The van der Waals surface area contributed by atoms with Gasteiger partial charge >= 0.3 is 6.03 Å². The molecule has 168 valence electrons. The molecule has 0 saturated heterocycles. The number of carbonyl (C=O) groups excluding carboxylic acids is 2. The van der Waals surface area contributed by atoms with Gasteiger partial charge in [-0.15, -0.1) is 11.3 Å². The third kappa shape index (κ3) is 4.90. The van der Waals surface area contributed by atoms with Crippen LogP contribution in [0.2, 0.25) is 0 Å². The minimum absolute atomic E-state index is 0.278. The van der Waals surface area contributed by atoms with Gasteiger partial charge < -0.3 is 16.0 Å². The van der Waals surface area contributed by atoms with Crippen molar-refractivity contribution in [2.24, 2.45) is 0 Å². The van der Waals surface area contributed by atoms with Crippen molar-refractivity contribution in [1.29, 1.82) is 0 Å². The Morgan fingerprint density at radius 1 is 1.00 bits per heavy atom. The molecule has 2 aromatic carbocycles. The predicted octanol–water partition coefficient (Wildman–Crippen LogP) is 4.67. The van der Waals surface area contributed by atoms with E-state index in [0.717, 1.165) is 20.8 Å². The summed E-state index contributed by atoms with van der Waals surface area (Å²) in [7, 11) is 3.35. The Labute approximate surface area is 194 Å². The van der Waals surface area contributed by atoms with Crippen molar-refractivity contribution in [3.63, 3.8) is 0 Å². The van der Waals surface area contributed by atoms with Crippen molar-refractivity contribution in [1.82, 2.24) is 15.0 Å². The lowest BCUT2D eigenvalue weighted by atomic mass is 10.1. The number of benzene rings is 2. The van der Waals surface area contributed by atoms with Crippen molar-refractivity contribution >= 4 is 56.5 Å². The van der Waals surface area contributed by atoms with Gasteiger partial charge in [-0.25, -0.2) is 19.7 Å². The monoisotopic (exact) mass is 461 g/mol. The maximum atomic E-state index is 12.9. The molecule has 2 heterocycles. The second-order valence-electron chi connectivity index (χ2n) is 7.40. The van der Waals surface area contributed by atoms with Crippen molar-refractivity contribution in [3.05, 3.63) is 64.9 Å². The lowest BCUT2D eigenvalue weighted by molar-refractivity contribution is 0.102. The Balaban J connectivity index is 1.50. The fourth-order valence-corrected chi connectivity index (χ4v) is 4.00. The molecule has 9 nitrogen and oxygen atoms in total. The molecule has 2 aromatic heterocycles. The summed E-state index contributed by atoms with van der Waals surface area (Å²) in [5.74, 6) is 0.756. The molecule has 0 unspecified atom stereocenters. The first-order valence-electron chi connectivity index (χ1n) is 10.2. The zero-order valence-corrected chi connectivity index (χ0v) is 19.4. The molecule has 3 amide bonds. The van der Waals surface area contributed by atoms with Gasteiger partial charge in [0.1, 0.15) is 18.0 Å². The number of thiazole rings is 1. The predicted molar refractivity (Wildman–Crippen MR) is 132 cm³/mol. The van der Waals surface area contributed by atoms with Crippen LogP contribution in [0, 0.1) is 13.8 Å². The largest absolute Gasteiger partial charge is 0.373 e. The molecule has 0 aliphatic heterocycles. The molecule has 3 N–H and O–H groups in total. The van der Waals surface area contributed by atoms with Crippen LogP contribution < -0.4 is 20.9 Å². The number of nitrogens with one attached hydrogen (secondary N) is 3. The molecule has 0 fully saturated rings. The van der Waals surface area contributed by atoms with E-state index in [4.69, 9.17) is 0 Å². The second-order valence-corrected chi connectivity index (χ2v) is 8.63. The SMILES string of the molecule is CNc1cc(N(C)C(=O)Nc2cc(C(=O)Nc3ccc4sc(C)nc4c3)ccc2C)ncn1. The van der Waals surface area contributed by atoms with Gasteiger partial charge in [-0.3, -0.25) is 9.69 Å². The molecule has 0 radical (unpaired) electrons. The summed E-state index contributed by atoms with van der Waals surface area (Å²) in [6, 6.07) is 12.1. The van der Waals surface area contributed by atoms with Gasteiger partial charge in [-0.2, -0.15) is 0 Å². The Morgan fingerprint density at radius 2 is 1.82 bits per heavy atom. The van der Waals surface area contributed by atoms with E-state index in [1.165, 1.54) is 11.2 Å². The van der Waals surface area contributed by atoms with E-state index in [1.54, 1.807) is 49.7 Å². The van der Waals surface area contributed by atoms with Crippen LogP contribution in [-0.4, -0.2) is 41.0 Å². The second kappa shape index (κ2) is 9.21. The molecular weight excluding hydrogens is 438 g/mol. The van der Waals surface area contributed by atoms with E-state index in [9.17, 15) is 9.59 Å². The third-order valence-corrected chi connectivity index (χ3v) is 6.00. The van der Waals surface area contributed by atoms with E-state index in [2.05, 4.69) is 30.9 Å². The summed E-state index contributed by atoms with van der Waals surface area (Å²) in [6.07, 6.45) is 1.38. The zero-order chi connectivity index (χ0) is 23.5. The molecule has 0 aliphatic carbocycles. The van der Waals surface area contributed by atoms with E-state index in [0.29, 0.717) is 28.6 Å². The lowest BCUT2D eigenvalue weighted by Gasteiger charge is -2.18. The van der Waals surface area contributed by atoms with Gasteiger partial charge in [0.2, 0.25) is 0 Å². The molecule has 33 heavy (non-hydrogen) atoms. The molecule has 0 aliphatic rings. The molecule has 4 aromatic rings. The van der Waals surface area contributed by atoms with Crippen LogP contribution in [0.15, 0.2) is 48.8 Å². The summed E-state index contributed by atoms with van der Waals surface area (Å²) >= 11 is 1.61. The zero-order valence-electron chi connectivity index (χ0n) is 18.6. The smallest absolute Gasteiger partial charge is 0.327 e. The standard InChI is InChI=1S/C23H23N7O2S/c1-13-5-6-15(22(31)28-16-7-8-19-18(10-16)27-14(2)33-19)9-17(13)29-23(32)30(4)21-11-20(24-3)25-12-26-21/h5-12H,1-4H3,(H,28,31)(H,29,32)(H,24,25,26). The van der Waals surface area contributed by atoms with Crippen molar-refractivity contribution in [3.8, 4) is 0 Å². The van der Waals surface area contributed by atoms with Crippen molar-refractivity contribution < 1.29 is 9.59 Å². The maximum absolute atomic E-state index is 12.9. The van der Waals surface area contributed by atoms with Gasteiger partial charge in [0.05, 0.1) is 15.2 Å². The Hall–Kier alpha value is -4.05. The summed E-state index contributed by atoms with van der Waals surface area (Å²) in [4.78, 5) is 39.7. The number of fused-ring (bicyclic) bond motifs is 1. The van der Waals surface area contributed by atoms with E-state index in [-0.39, 0.29) is 11.9 Å². The number of hydrogen-bond donors (Lipinski definition) is 3. The average molecular weight is 462 g/mol. The number of urea groups is 1. The number of nitrogens with zero attached hydrogens (tertiary/aromatic N) is 4. The number of amides is 3. The normalized spacial score (nSPS) is 10.7. The first-order valence-corrected chi connectivity index (χ1v) is 11.0. The first-order chi connectivity index (χ1) is 15.8. The number of rotatable bonds is 5. The molecule has 0 atom stereocenters. The number of aryl methyl sites for hydroxylation is 2. The van der Waals surface area contributed by atoms with E-state index < -0.39 is 0 Å². The molecule has 0 bridgehead atoms. The van der Waals surface area contributed by atoms with Crippen molar-refractivity contribution in [2.75, 3.05) is 34.9 Å². The van der Waals surface area contributed by atoms with E-state index >= 15 is 0 Å². The Bertz CT molecular complexity index is 1350. The van der Waals surface area contributed by atoms with Gasteiger partial charge in [0, 0.05) is 37.1 Å². The summed E-state index contributed by atoms with van der Waals surface area (Å²) in [5, 5.41) is 9.64. The summed E-state index contributed by atoms with van der Waals surface area (Å²) < 4.78 is 1.07. The van der Waals surface area contributed by atoms with Crippen LogP contribution >= 0.6 is 11.3 Å². The lowest BCUT2D eigenvalue weighted by Crippen LogP contribution is -2.32. The molecule has 0 spiro atoms. The molecule has 4 rings (SSSR count). The first kappa shape index (κ1) is 22.2. The third-order valence-electron chi connectivity index (χ3n) is 5.05. The highest BCUT2D eigenvalue weighted by Gasteiger charge is 2.16. The minimum atomic E-state index is -0.388. The number of anilines is 4. The molecular formula is C23H23N7O2S. The van der Waals surface area contributed by atoms with Gasteiger partial charge in [0.25, 0.3) is 5.91 Å². The average Bonchev–Trinajstić information content (AvgIpc) is 3.19. The molecule has 0 saturated carbocycles. The topological polar surface area (TPSA) is 112 Å². The fraction of sp³-hybridized carbons (Fsp3) is 0.174. The van der Waals surface area contributed by atoms with Gasteiger partial charge in [0.15, 0.2) is 0 Å². The van der Waals surface area contributed by atoms with Crippen LogP contribution in [-0.2, 0) is 0 Å². The maximum Gasteiger partial charge on any atom is 0.327 e. The molecule has 10 heteroatoms. The number of hydrogen-bond acceptors (Lipinski definition) is 7. The van der Waals surface area contributed by atoms with Gasteiger partial charge in [-0.1, -0.05) is 6.07 Å². The minimum Gasteiger partial charge on any atom is -0.373 e. The highest BCUT2D eigenvalue weighted by atomic mass is 32.1. The highest BCUT2D eigenvalue weighted by Crippen LogP contribution is 2.25. The van der Waals surface area contributed by atoms with Crippen LogP contribution in [0.3, 0.4) is 0 Å². The van der Waals surface area contributed by atoms with Crippen LogP contribution in [0.1, 0.15) is 20.9 Å². The van der Waals surface area contributed by atoms with Gasteiger partial charge in [-0.05, 0) is 49.7 Å². The Kier molecular flexibility index (Phi) is 6.18.